The number of nitrogens with two attached hydrogens (primary N) is 1. The molecule has 0 spiro atoms. The van der Waals surface area contributed by atoms with Gasteiger partial charge in [-0.2, -0.15) is 0 Å². The van der Waals surface area contributed by atoms with Gasteiger partial charge >= 0.3 is 0 Å². The first-order valence-electron chi connectivity index (χ1n) is 10.1. The minimum atomic E-state index is -4.31. The summed E-state index contributed by atoms with van der Waals surface area (Å²) in [4.78, 5) is 13.3. The van der Waals surface area contributed by atoms with Crippen molar-refractivity contribution >= 4 is 21.6 Å². The molecule has 1 unspecified atom stereocenters. The van der Waals surface area contributed by atoms with Crippen LogP contribution in [0.4, 0.5) is 5.69 Å². The third-order valence-corrected chi connectivity index (χ3v) is 6.53. The highest BCUT2D eigenvalue weighted by Crippen LogP contribution is 2.46. The maximum atomic E-state index is 13.3. The summed E-state index contributed by atoms with van der Waals surface area (Å²) in [6.45, 7) is 9.11. The normalized spacial score (nSPS) is 16.0. The van der Waals surface area contributed by atoms with Gasteiger partial charge in [-0.25, -0.2) is 13.6 Å². The van der Waals surface area contributed by atoms with Gasteiger partial charge in [0.25, 0.3) is 15.9 Å². The number of carbonyl (C=O) groups excluding carboxylic acids is 1. The van der Waals surface area contributed by atoms with E-state index in [2.05, 4.69) is 12.2 Å². The smallest absolute Gasteiger partial charge is 0.272 e. The number of sulfonamides is 1. The summed E-state index contributed by atoms with van der Waals surface area (Å²) in [5, 5.41) is 18.0. The summed E-state index contributed by atoms with van der Waals surface area (Å²) in [6, 6.07) is 5.93. The Labute approximate surface area is 177 Å². The first-order valence-corrected chi connectivity index (χ1v) is 11.7. The summed E-state index contributed by atoms with van der Waals surface area (Å²) in [7, 11) is -4.31. The molecule has 0 bridgehead atoms. The van der Waals surface area contributed by atoms with Crippen LogP contribution in [0.2, 0.25) is 0 Å². The fourth-order valence-electron chi connectivity index (χ4n) is 3.83. The Morgan fingerprint density at radius 2 is 1.83 bits per heavy atom. The molecule has 1 saturated carbocycles. The predicted octanol–water partition coefficient (Wildman–Crippen LogP) is 4.04. The molecule has 0 radical (unpaired) electrons. The average Bonchev–Trinajstić information content (AvgIpc) is 3.35. The van der Waals surface area contributed by atoms with Gasteiger partial charge < -0.3 is 14.8 Å². The minimum Gasteiger partial charge on any atom is -0.451 e. The van der Waals surface area contributed by atoms with Gasteiger partial charge in [-0.1, -0.05) is 39.0 Å². The SMILES string of the molecule is CC(C)c1cccc(C(C)C2CC2)c1NC(=O)c1c(C(C)(C)O)coc1S(N)(=O)=O. The second-order valence-corrected chi connectivity index (χ2v) is 10.4. The van der Waals surface area contributed by atoms with Gasteiger partial charge in [0.1, 0.15) is 5.56 Å². The zero-order valence-electron chi connectivity index (χ0n) is 18.0. The van der Waals surface area contributed by atoms with E-state index in [0.29, 0.717) is 11.6 Å². The number of rotatable bonds is 7. The van der Waals surface area contributed by atoms with Gasteiger partial charge in [0.2, 0.25) is 5.09 Å². The van der Waals surface area contributed by atoms with Crippen LogP contribution in [0, 0.1) is 5.92 Å². The van der Waals surface area contributed by atoms with E-state index in [9.17, 15) is 18.3 Å². The lowest BCUT2D eigenvalue weighted by molar-refractivity contribution is 0.0754. The van der Waals surface area contributed by atoms with Crippen LogP contribution in [-0.2, 0) is 15.6 Å². The molecule has 1 fully saturated rings. The largest absolute Gasteiger partial charge is 0.451 e. The highest BCUT2D eigenvalue weighted by Gasteiger charge is 2.35. The minimum absolute atomic E-state index is 0.0582. The zero-order chi connectivity index (χ0) is 22.4. The molecule has 1 atom stereocenters. The van der Waals surface area contributed by atoms with Crippen molar-refractivity contribution in [2.75, 3.05) is 5.32 Å². The third-order valence-electron chi connectivity index (χ3n) is 5.71. The molecule has 1 aliphatic rings. The van der Waals surface area contributed by atoms with E-state index in [1.807, 2.05) is 32.0 Å². The maximum absolute atomic E-state index is 13.3. The molecular formula is C22H30N2O5S. The van der Waals surface area contributed by atoms with Gasteiger partial charge in [-0.15, -0.1) is 0 Å². The molecule has 1 aliphatic carbocycles. The van der Waals surface area contributed by atoms with Gasteiger partial charge in [-0.3, -0.25) is 4.79 Å². The van der Waals surface area contributed by atoms with Crippen LogP contribution in [0.1, 0.15) is 86.3 Å². The van der Waals surface area contributed by atoms with E-state index in [-0.39, 0.29) is 23.0 Å². The number of nitrogens with one attached hydrogen (secondary N) is 1. The van der Waals surface area contributed by atoms with Crippen molar-refractivity contribution < 1.29 is 22.7 Å². The Hall–Kier alpha value is -2.16. The molecule has 1 aromatic heterocycles. The van der Waals surface area contributed by atoms with Gasteiger partial charge in [0.15, 0.2) is 0 Å². The molecule has 1 aromatic carbocycles. The van der Waals surface area contributed by atoms with Crippen LogP contribution in [0.25, 0.3) is 0 Å². The molecule has 2 aromatic rings. The molecule has 4 N–H and O–H groups in total. The third kappa shape index (κ3) is 4.45. The van der Waals surface area contributed by atoms with E-state index in [4.69, 9.17) is 9.56 Å². The van der Waals surface area contributed by atoms with Gasteiger partial charge in [0.05, 0.1) is 11.9 Å². The Kier molecular flexibility index (Phi) is 5.88. The van der Waals surface area contributed by atoms with E-state index >= 15 is 0 Å². The van der Waals surface area contributed by atoms with Crippen LogP contribution < -0.4 is 10.5 Å². The zero-order valence-corrected chi connectivity index (χ0v) is 18.8. The molecule has 7 nitrogen and oxygen atoms in total. The average molecular weight is 435 g/mol. The standard InChI is InChI=1S/C22H30N2O5S/c1-12(2)15-7-6-8-16(13(3)14-9-10-14)19(15)24-20(25)18-17(22(4,5)26)11-29-21(18)30(23,27)28/h6-8,11-14,26H,9-10H2,1-5H3,(H,24,25)(H2,23,27,28). The lowest BCUT2D eigenvalue weighted by Crippen LogP contribution is -2.25. The monoisotopic (exact) mass is 434 g/mol. The van der Waals surface area contributed by atoms with Crippen molar-refractivity contribution in [3.63, 3.8) is 0 Å². The molecule has 1 amide bonds. The van der Waals surface area contributed by atoms with Crippen molar-refractivity contribution in [2.24, 2.45) is 11.1 Å². The Morgan fingerprint density at radius 3 is 2.33 bits per heavy atom. The first-order chi connectivity index (χ1) is 13.8. The number of carbonyl (C=O) groups is 1. The first kappa shape index (κ1) is 22.5. The van der Waals surface area contributed by atoms with Crippen LogP contribution in [-0.4, -0.2) is 19.4 Å². The number of anilines is 1. The maximum Gasteiger partial charge on any atom is 0.272 e. The van der Waals surface area contributed by atoms with Crippen molar-refractivity contribution in [1.82, 2.24) is 0 Å². The quantitative estimate of drug-likeness (QED) is 0.607. The fourth-order valence-corrected chi connectivity index (χ4v) is 4.50. The number of hydrogen-bond acceptors (Lipinski definition) is 5. The summed E-state index contributed by atoms with van der Waals surface area (Å²) in [6.07, 6.45) is 3.37. The predicted molar refractivity (Wildman–Crippen MR) is 115 cm³/mol. The molecule has 1 heterocycles. The van der Waals surface area contributed by atoms with Crippen molar-refractivity contribution in [3.05, 3.63) is 46.7 Å². The molecule has 164 valence electrons. The van der Waals surface area contributed by atoms with Crippen LogP contribution in [0.3, 0.4) is 0 Å². The molecule has 8 heteroatoms. The van der Waals surface area contributed by atoms with Crippen LogP contribution in [0.15, 0.2) is 34.0 Å². The number of amides is 1. The molecule has 0 saturated heterocycles. The summed E-state index contributed by atoms with van der Waals surface area (Å²) in [5.41, 5.74) is 0.943. The summed E-state index contributed by atoms with van der Waals surface area (Å²) < 4.78 is 29.2. The Morgan fingerprint density at radius 1 is 1.23 bits per heavy atom. The van der Waals surface area contributed by atoms with Gasteiger partial charge in [0, 0.05) is 11.3 Å². The topological polar surface area (TPSA) is 123 Å². The highest BCUT2D eigenvalue weighted by molar-refractivity contribution is 7.89. The Bertz CT molecular complexity index is 1060. The molecule has 0 aliphatic heterocycles. The summed E-state index contributed by atoms with van der Waals surface area (Å²) in [5.74, 6) is 0.295. The van der Waals surface area contributed by atoms with Crippen molar-refractivity contribution in [1.29, 1.82) is 0 Å². The van der Waals surface area contributed by atoms with E-state index in [0.717, 1.165) is 30.2 Å². The van der Waals surface area contributed by atoms with E-state index in [1.165, 1.54) is 13.8 Å². The van der Waals surface area contributed by atoms with E-state index < -0.39 is 26.6 Å². The number of benzene rings is 1. The number of para-hydroxylation sites is 1. The number of primary sulfonamides is 1. The second-order valence-electron chi connectivity index (χ2n) is 8.96. The van der Waals surface area contributed by atoms with Crippen molar-refractivity contribution in [2.45, 2.75) is 70.0 Å². The van der Waals surface area contributed by atoms with E-state index in [1.54, 1.807) is 0 Å². The number of hydrogen-bond donors (Lipinski definition) is 3. The van der Waals surface area contributed by atoms with Gasteiger partial charge in [-0.05, 0) is 55.6 Å². The summed E-state index contributed by atoms with van der Waals surface area (Å²) >= 11 is 0. The number of furan rings is 1. The molecular weight excluding hydrogens is 404 g/mol. The van der Waals surface area contributed by atoms with Crippen molar-refractivity contribution in [3.8, 4) is 0 Å². The highest BCUT2D eigenvalue weighted by atomic mass is 32.2. The number of aliphatic hydroxyl groups is 1. The fraction of sp³-hybridized carbons (Fsp3) is 0.500. The molecule has 3 rings (SSSR count). The van der Waals surface area contributed by atoms with Crippen LogP contribution >= 0.6 is 0 Å². The second kappa shape index (κ2) is 7.83. The molecule has 30 heavy (non-hydrogen) atoms. The van der Waals surface area contributed by atoms with Crippen LogP contribution in [0.5, 0.6) is 0 Å². The Balaban J connectivity index is 2.12. The lowest BCUT2D eigenvalue weighted by atomic mass is 9.89. The lowest BCUT2D eigenvalue weighted by Gasteiger charge is -2.23.